The van der Waals surface area contributed by atoms with Crippen molar-refractivity contribution in [1.29, 1.82) is 0 Å². The molecule has 10 heteroatoms. The molecular formula is C16H26FIN4O3S. The highest BCUT2D eigenvalue weighted by Gasteiger charge is 2.27. The molecule has 0 aromatic heterocycles. The van der Waals surface area contributed by atoms with E-state index >= 15 is 0 Å². The van der Waals surface area contributed by atoms with Gasteiger partial charge in [0.2, 0.25) is 10.0 Å². The van der Waals surface area contributed by atoms with Crippen LogP contribution in [-0.4, -0.2) is 63.8 Å². The van der Waals surface area contributed by atoms with Crippen molar-refractivity contribution >= 4 is 40.0 Å². The summed E-state index contributed by atoms with van der Waals surface area (Å²) in [4.78, 5) is 4.10. The van der Waals surface area contributed by atoms with Gasteiger partial charge in [0.1, 0.15) is 17.7 Å². The predicted octanol–water partition coefficient (Wildman–Crippen LogP) is 1.41. The Kier molecular flexibility index (Phi) is 9.58. The summed E-state index contributed by atoms with van der Waals surface area (Å²) in [6, 6.07) is 5.86. The normalized spacial score (nSPS) is 18.0. The van der Waals surface area contributed by atoms with Crippen LogP contribution in [-0.2, 0) is 10.0 Å². The molecule has 1 atom stereocenters. The molecular weight excluding hydrogens is 474 g/mol. The van der Waals surface area contributed by atoms with Gasteiger partial charge in [-0.25, -0.2) is 17.1 Å². The van der Waals surface area contributed by atoms with Crippen LogP contribution in [0.5, 0.6) is 5.75 Å². The number of rotatable bonds is 7. The number of ether oxygens (including phenoxy) is 1. The Morgan fingerprint density at radius 2 is 2.04 bits per heavy atom. The van der Waals surface area contributed by atoms with E-state index in [4.69, 9.17) is 4.74 Å². The molecule has 1 heterocycles. The highest BCUT2D eigenvalue weighted by atomic mass is 127. The van der Waals surface area contributed by atoms with Crippen molar-refractivity contribution in [3.63, 3.8) is 0 Å². The lowest BCUT2D eigenvalue weighted by Gasteiger charge is -2.19. The average molecular weight is 500 g/mol. The highest BCUT2D eigenvalue weighted by Crippen LogP contribution is 2.13. The lowest BCUT2D eigenvalue weighted by atomic mass is 10.3. The molecule has 1 aliphatic rings. The molecule has 1 aromatic carbocycles. The summed E-state index contributed by atoms with van der Waals surface area (Å²) in [6.07, 6.45) is 0.538. The van der Waals surface area contributed by atoms with Crippen molar-refractivity contribution in [1.82, 2.24) is 14.9 Å². The lowest BCUT2D eigenvalue weighted by molar-refractivity contribution is 0.223. The highest BCUT2D eigenvalue weighted by molar-refractivity contribution is 14.0. The fourth-order valence-corrected chi connectivity index (χ4v) is 4.02. The number of aliphatic imine (C=N–C) groups is 1. The maximum Gasteiger partial charge on any atom is 0.214 e. The number of benzene rings is 1. The van der Waals surface area contributed by atoms with E-state index in [1.54, 1.807) is 19.2 Å². The number of hydrogen-bond acceptors (Lipinski definition) is 4. The van der Waals surface area contributed by atoms with E-state index in [1.807, 2.05) is 6.92 Å². The summed E-state index contributed by atoms with van der Waals surface area (Å²) in [7, 11) is -1.42. The summed E-state index contributed by atoms with van der Waals surface area (Å²) in [5.41, 5.74) is 0. The summed E-state index contributed by atoms with van der Waals surface area (Å²) in [6.45, 7) is 3.87. The topological polar surface area (TPSA) is 83.0 Å². The van der Waals surface area contributed by atoms with Crippen LogP contribution in [0.1, 0.15) is 13.3 Å². The van der Waals surface area contributed by atoms with Gasteiger partial charge in [-0.15, -0.1) is 24.0 Å². The van der Waals surface area contributed by atoms with Crippen LogP contribution in [0.15, 0.2) is 29.3 Å². The van der Waals surface area contributed by atoms with Crippen molar-refractivity contribution in [2.24, 2.45) is 4.99 Å². The van der Waals surface area contributed by atoms with E-state index in [1.165, 1.54) is 16.4 Å². The van der Waals surface area contributed by atoms with Crippen molar-refractivity contribution in [2.45, 2.75) is 19.4 Å². The van der Waals surface area contributed by atoms with E-state index in [2.05, 4.69) is 15.6 Å². The Labute approximate surface area is 171 Å². The molecule has 0 bridgehead atoms. The second-order valence-corrected chi connectivity index (χ2v) is 7.92. The van der Waals surface area contributed by atoms with Gasteiger partial charge in [-0.3, -0.25) is 4.99 Å². The summed E-state index contributed by atoms with van der Waals surface area (Å²) in [5, 5.41) is 6.21. The number of guanidine groups is 1. The Bertz CT molecular complexity index is 685. The molecule has 26 heavy (non-hydrogen) atoms. The van der Waals surface area contributed by atoms with Gasteiger partial charge in [0, 0.05) is 26.7 Å². The summed E-state index contributed by atoms with van der Waals surface area (Å²) >= 11 is 0. The zero-order chi connectivity index (χ0) is 18.3. The van der Waals surface area contributed by atoms with E-state index in [0.29, 0.717) is 44.3 Å². The van der Waals surface area contributed by atoms with Crippen LogP contribution in [0, 0.1) is 5.82 Å². The smallest absolute Gasteiger partial charge is 0.214 e. The van der Waals surface area contributed by atoms with Gasteiger partial charge in [0.05, 0.1) is 12.3 Å². The first-order valence-electron chi connectivity index (χ1n) is 8.25. The Morgan fingerprint density at radius 3 is 2.62 bits per heavy atom. The zero-order valence-electron chi connectivity index (χ0n) is 14.9. The van der Waals surface area contributed by atoms with Crippen LogP contribution in [0.4, 0.5) is 4.39 Å². The van der Waals surface area contributed by atoms with Crippen LogP contribution in [0.3, 0.4) is 0 Å². The van der Waals surface area contributed by atoms with Gasteiger partial charge < -0.3 is 15.4 Å². The quantitative estimate of drug-likeness (QED) is 0.336. The number of nitrogens with zero attached hydrogens (tertiary/aromatic N) is 2. The van der Waals surface area contributed by atoms with Gasteiger partial charge in [-0.2, -0.15) is 0 Å². The number of hydrogen-bond donors (Lipinski definition) is 2. The minimum Gasteiger partial charge on any atom is -0.489 e. The second-order valence-electron chi connectivity index (χ2n) is 5.83. The minimum absolute atomic E-state index is 0. The van der Waals surface area contributed by atoms with Crippen molar-refractivity contribution < 1.29 is 17.5 Å². The molecule has 0 saturated carbocycles. The molecule has 0 radical (unpaired) electrons. The fourth-order valence-electron chi connectivity index (χ4n) is 2.49. The second kappa shape index (κ2) is 10.9. The number of sulfonamides is 1. The van der Waals surface area contributed by atoms with Crippen molar-refractivity contribution in [2.75, 3.05) is 39.0 Å². The molecule has 1 aromatic rings. The van der Waals surface area contributed by atoms with Crippen LogP contribution < -0.4 is 15.4 Å². The van der Waals surface area contributed by atoms with Crippen LogP contribution >= 0.6 is 24.0 Å². The Morgan fingerprint density at radius 1 is 1.35 bits per heavy atom. The summed E-state index contributed by atoms with van der Waals surface area (Å²) in [5.74, 6) is 1.10. The molecule has 0 aliphatic carbocycles. The first-order chi connectivity index (χ1) is 11.9. The van der Waals surface area contributed by atoms with Crippen LogP contribution in [0.25, 0.3) is 0 Å². The minimum atomic E-state index is -3.07. The maximum atomic E-state index is 12.9. The third kappa shape index (κ3) is 7.23. The molecule has 1 unspecified atom stereocenters. The molecule has 1 fully saturated rings. The van der Waals surface area contributed by atoms with Gasteiger partial charge in [-0.05, 0) is 37.6 Å². The molecule has 7 nitrogen and oxygen atoms in total. The van der Waals surface area contributed by atoms with Gasteiger partial charge in [0.25, 0.3) is 0 Å². The Hall–Kier alpha value is -1.14. The van der Waals surface area contributed by atoms with E-state index in [0.717, 1.165) is 0 Å². The molecule has 2 N–H and O–H groups in total. The van der Waals surface area contributed by atoms with E-state index < -0.39 is 10.0 Å². The molecule has 1 aliphatic heterocycles. The number of nitrogens with one attached hydrogen (secondary N) is 2. The standard InChI is InChI=1S/C16H25FN4O3S.HI/c1-13(24-15-6-4-14(17)5-7-15)12-20-16(18-2)19-8-10-21-9-3-11-25(21,22)23;/h4-7,13H,3,8-12H2,1-2H3,(H2,18,19,20);1H. The molecule has 1 saturated heterocycles. The molecule has 148 valence electrons. The van der Waals surface area contributed by atoms with Gasteiger partial charge >= 0.3 is 0 Å². The molecule has 0 spiro atoms. The third-order valence-corrected chi connectivity index (χ3v) is 5.74. The predicted molar refractivity (Wildman–Crippen MR) is 111 cm³/mol. The zero-order valence-corrected chi connectivity index (χ0v) is 18.1. The van der Waals surface area contributed by atoms with E-state index in [9.17, 15) is 12.8 Å². The fraction of sp³-hybridized carbons (Fsp3) is 0.562. The van der Waals surface area contributed by atoms with E-state index in [-0.39, 0.29) is 41.7 Å². The first-order valence-corrected chi connectivity index (χ1v) is 9.86. The van der Waals surface area contributed by atoms with Gasteiger partial charge in [-0.1, -0.05) is 0 Å². The number of halogens is 2. The average Bonchev–Trinajstić information content (AvgIpc) is 2.91. The van der Waals surface area contributed by atoms with Crippen molar-refractivity contribution in [3.05, 3.63) is 30.1 Å². The maximum absolute atomic E-state index is 12.9. The monoisotopic (exact) mass is 500 g/mol. The van der Waals surface area contributed by atoms with Gasteiger partial charge in [0.15, 0.2) is 5.96 Å². The van der Waals surface area contributed by atoms with Crippen LogP contribution in [0.2, 0.25) is 0 Å². The Balaban J connectivity index is 0.00000338. The summed E-state index contributed by atoms with van der Waals surface area (Å²) < 4.78 is 43.5. The molecule has 2 rings (SSSR count). The molecule has 0 amide bonds. The SMILES string of the molecule is CN=C(NCCN1CCCS1(=O)=O)NCC(C)Oc1ccc(F)cc1.I. The third-order valence-electron chi connectivity index (χ3n) is 3.79. The largest absolute Gasteiger partial charge is 0.489 e. The first kappa shape index (κ1) is 22.9. The van der Waals surface area contributed by atoms with Crippen molar-refractivity contribution in [3.8, 4) is 5.75 Å². The lowest BCUT2D eigenvalue weighted by Crippen LogP contribution is -2.44.